The summed E-state index contributed by atoms with van der Waals surface area (Å²) in [6.45, 7) is 1.51. The van der Waals surface area contributed by atoms with Gasteiger partial charge < -0.3 is 9.47 Å². The summed E-state index contributed by atoms with van der Waals surface area (Å²) in [5, 5.41) is 2.76. The molecule has 5 nitrogen and oxygen atoms in total. The highest BCUT2D eigenvalue weighted by Gasteiger charge is 2.26. The number of imidazole rings is 1. The molecule has 1 amide bonds. The summed E-state index contributed by atoms with van der Waals surface area (Å²) in [6, 6.07) is 10.3. The van der Waals surface area contributed by atoms with E-state index in [9.17, 15) is 4.79 Å². The first-order valence-corrected chi connectivity index (χ1v) is 8.97. The fourth-order valence-electron chi connectivity index (χ4n) is 3.12. The van der Waals surface area contributed by atoms with Crippen LogP contribution in [-0.2, 0) is 0 Å². The molecule has 0 unspecified atom stereocenters. The van der Waals surface area contributed by atoms with Gasteiger partial charge in [0.1, 0.15) is 10.7 Å². The maximum Gasteiger partial charge on any atom is 0.273 e. The molecule has 0 spiro atoms. The van der Waals surface area contributed by atoms with E-state index in [1.54, 1.807) is 6.20 Å². The van der Waals surface area contributed by atoms with Crippen molar-refractivity contribution in [2.75, 3.05) is 13.1 Å². The monoisotopic (exact) mass is 338 g/mol. The van der Waals surface area contributed by atoms with Crippen molar-refractivity contribution in [2.45, 2.75) is 18.9 Å². The van der Waals surface area contributed by atoms with Gasteiger partial charge >= 0.3 is 0 Å². The molecule has 0 N–H and O–H groups in total. The van der Waals surface area contributed by atoms with Crippen LogP contribution in [0.1, 0.15) is 29.4 Å². The molecular weight excluding hydrogens is 320 g/mol. The van der Waals surface area contributed by atoms with Gasteiger partial charge in [-0.05, 0) is 12.8 Å². The van der Waals surface area contributed by atoms with Crippen LogP contribution in [0.25, 0.3) is 10.6 Å². The normalized spacial score (nSPS) is 17.8. The molecule has 24 heavy (non-hydrogen) atoms. The largest absolute Gasteiger partial charge is 0.335 e. The highest BCUT2D eigenvalue weighted by molar-refractivity contribution is 7.13. The Morgan fingerprint density at radius 1 is 1.25 bits per heavy atom. The average molecular weight is 338 g/mol. The third kappa shape index (κ3) is 2.97. The fraction of sp³-hybridized carbons (Fsp3) is 0.278. The van der Waals surface area contributed by atoms with Crippen molar-refractivity contribution in [1.82, 2.24) is 19.4 Å². The first kappa shape index (κ1) is 15.1. The lowest BCUT2D eigenvalue weighted by Gasteiger charge is -2.32. The van der Waals surface area contributed by atoms with E-state index < -0.39 is 0 Å². The molecule has 0 bridgehead atoms. The lowest BCUT2D eigenvalue weighted by molar-refractivity contribution is 0.0674. The Labute approximate surface area is 144 Å². The Morgan fingerprint density at radius 3 is 2.92 bits per heavy atom. The minimum absolute atomic E-state index is 0.0262. The number of benzene rings is 1. The number of hydrogen-bond acceptors (Lipinski definition) is 4. The van der Waals surface area contributed by atoms with E-state index in [-0.39, 0.29) is 5.91 Å². The van der Waals surface area contributed by atoms with E-state index >= 15 is 0 Å². The summed E-state index contributed by atoms with van der Waals surface area (Å²) in [7, 11) is 0. The number of piperidine rings is 1. The molecule has 1 saturated heterocycles. The van der Waals surface area contributed by atoms with Crippen LogP contribution < -0.4 is 0 Å². The SMILES string of the molecule is O=C(c1csc(-c2ccccc2)n1)N1CCC[C@@H](n2ccnc2)C1. The zero-order chi connectivity index (χ0) is 16.4. The number of aromatic nitrogens is 3. The van der Waals surface area contributed by atoms with E-state index in [1.165, 1.54) is 11.3 Å². The Kier molecular flexibility index (Phi) is 4.13. The van der Waals surface area contributed by atoms with Gasteiger partial charge in [-0.3, -0.25) is 4.79 Å². The fourth-order valence-corrected chi connectivity index (χ4v) is 3.92. The summed E-state index contributed by atoms with van der Waals surface area (Å²) >= 11 is 1.52. The first-order valence-electron chi connectivity index (χ1n) is 8.09. The maximum absolute atomic E-state index is 12.8. The van der Waals surface area contributed by atoms with Gasteiger partial charge in [-0.15, -0.1) is 11.3 Å². The smallest absolute Gasteiger partial charge is 0.273 e. The number of carbonyl (C=O) groups is 1. The van der Waals surface area contributed by atoms with Crippen LogP contribution in [0.4, 0.5) is 0 Å². The number of nitrogens with zero attached hydrogens (tertiary/aromatic N) is 4. The van der Waals surface area contributed by atoms with E-state index in [2.05, 4.69) is 14.5 Å². The molecule has 0 radical (unpaired) electrons. The summed E-state index contributed by atoms with van der Waals surface area (Å²) < 4.78 is 2.09. The van der Waals surface area contributed by atoms with Crippen molar-refractivity contribution in [2.24, 2.45) is 0 Å². The van der Waals surface area contributed by atoms with E-state index in [1.807, 2.05) is 53.1 Å². The van der Waals surface area contributed by atoms with Gasteiger partial charge in [0.25, 0.3) is 5.91 Å². The van der Waals surface area contributed by atoms with Crippen molar-refractivity contribution < 1.29 is 4.79 Å². The Bertz CT molecular complexity index is 813. The van der Waals surface area contributed by atoms with E-state index in [4.69, 9.17) is 0 Å². The number of amides is 1. The number of likely N-dealkylation sites (tertiary alicyclic amines) is 1. The topological polar surface area (TPSA) is 51.0 Å². The number of rotatable bonds is 3. The first-order chi connectivity index (χ1) is 11.8. The molecule has 3 aromatic rings. The van der Waals surface area contributed by atoms with Crippen molar-refractivity contribution in [3.63, 3.8) is 0 Å². The summed E-state index contributed by atoms with van der Waals surface area (Å²) in [5.74, 6) is 0.0262. The highest BCUT2D eigenvalue weighted by atomic mass is 32.1. The maximum atomic E-state index is 12.8. The molecule has 1 fully saturated rings. The molecule has 122 valence electrons. The lowest BCUT2D eigenvalue weighted by Crippen LogP contribution is -2.40. The van der Waals surface area contributed by atoms with Gasteiger partial charge in [-0.25, -0.2) is 9.97 Å². The molecule has 0 aliphatic carbocycles. The van der Waals surface area contributed by atoms with Gasteiger partial charge in [0.05, 0.1) is 12.4 Å². The molecule has 2 aromatic heterocycles. The molecule has 6 heteroatoms. The Morgan fingerprint density at radius 2 is 2.12 bits per heavy atom. The van der Waals surface area contributed by atoms with Gasteiger partial charge in [-0.2, -0.15) is 0 Å². The molecule has 1 atom stereocenters. The molecule has 4 rings (SSSR count). The van der Waals surface area contributed by atoms with E-state index in [0.29, 0.717) is 18.3 Å². The van der Waals surface area contributed by atoms with Crippen molar-refractivity contribution in [1.29, 1.82) is 0 Å². The number of thiazole rings is 1. The van der Waals surface area contributed by atoms with E-state index in [0.717, 1.165) is 30.0 Å². The minimum Gasteiger partial charge on any atom is -0.335 e. The quantitative estimate of drug-likeness (QED) is 0.734. The van der Waals surface area contributed by atoms with Crippen LogP contribution in [0.2, 0.25) is 0 Å². The predicted molar refractivity (Wildman–Crippen MR) is 94.0 cm³/mol. The van der Waals surface area contributed by atoms with Gasteiger partial charge in [-0.1, -0.05) is 30.3 Å². The average Bonchev–Trinajstić information content (AvgIpc) is 3.34. The minimum atomic E-state index is 0.0262. The van der Waals surface area contributed by atoms with Gasteiger partial charge in [0, 0.05) is 36.4 Å². The third-order valence-electron chi connectivity index (χ3n) is 4.37. The summed E-state index contributed by atoms with van der Waals surface area (Å²) in [5.41, 5.74) is 1.60. The van der Waals surface area contributed by atoms with Crippen LogP contribution in [0.3, 0.4) is 0 Å². The molecule has 1 aliphatic heterocycles. The highest BCUT2D eigenvalue weighted by Crippen LogP contribution is 2.26. The van der Waals surface area contributed by atoms with Crippen molar-refractivity contribution in [3.05, 3.63) is 60.1 Å². The van der Waals surface area contributed by atoms with Gasteiger partial charge in [0.2, 0.25) is 0 Å². The zero-order valence-corrected chi connectivity index (χ0v) is 14.0. The number of hydrogen-bond donors (Lipinski definition) is 0. The predicted octanol–water partition coefficient (Wildman–Crippen LogP) is 3.48. The summed E-state index contributed by atoms with van der Waals surface area (Å²) in [6.07, 6.45) is 7.66. The van der Waals surface area contributed by atoms with Crippen LogP contribution in [0.15, 0.2) is 54.4 Å². The molecule has 1 aliphatic rings. The molecule has 1 aromatic carbocycles. The van der Waals surface area contributed by atoms with Crippen LogP contribution in [0.5, 0.6) is 0 Å². The van der Waals surface area contributed by atoms with Crippen LogP contribution in [-0.4, -0.2) is 38.4 Å². The second-order valence-corrected chi connectivity index (χ2v) is 6.82. The molecule has 0 saturated carbocycles. The van der Waals surface area contributed by atoms with Crippen LogP contribution in [0, 0.1) is 0 Å². The van der Waals surface area contributed by atoms with Crippen molar-refractivity contribution in [3.8, 4) is 10.6 Å². The molecular formula is C18H18N4OS. The second kappa shape index (κ2) is 6.57. The summed E-state index contributed by atoms with van der Waals surface area (Å²) in [4.78, 5) is 23.4. The standard InChI is InChI=1S/C18H18N4OS/c23-18(16-12-24-17(20-16)14-5-2-1-3-6-14)21-9-4-7-15(11-21)22-10-8-19-13-22/h1-3,5-6,8,10,12-13,15H,4,7,9,11H2/t15-/m1/s1. The third-order valence-corrected chi connectivity index (χ3v) is 5.27. The zero-order valence-electron chi connectivity index (χ0n) is 13.2. The van der Waals surface area contributed by atoms with Crippen LogP contribution >= 0.6 is 11.3 Å². The number of carbonyl (C=O) groups excluding carboxylic acids is 1. The molecule has 3 heterocycles. The lowest BCUT2D eigenvalue weighted by atomic mass is 10.1. The van der Waals surface area contributed by atoms with Crippen molar-refractivity contribution >= 4 is 17.2 Å². The Balaban J connectivity index is 1.50. The van der Waals surface area contributed by atoms with Gasteiger partial charge in [0.15, 0.2) is 0 Å². The second-order valence-electron chi connectivity index (χ2n) is 5.96. The Hall–Kier alpha value is -2.47.